The van der Waals surface area contributed by atoms with E-state index < -0.39 is 79.3 Å². The molecule has 3 rings (SSSR count). The van der Waals surface area contributed by atoms with Crippen molar-refractivity contribution in [1.29, 1.82) is 0 Å². The highest BCUT2D eigenvalue weighted by atomic mass is 35.5. The molecule has 0 saturated carbocycles. The Bertz CT molecular complexity index is 1530. The van der Waals surface area contributed by atoms with Gasteiger partial charge in [0.15, 0.2) is 0 Å². The number of aromatic nitrogens is 1. The smallest absolute Gasteiger partial charge is 0.458 e. The van der Waals surface area contributed by atoms with E-state index in [4.69, 9.17) is 21.1 Å². The summed E-state index contributed by atoms with van der Waals surface area (Å²) in [6.45, 7) is 1.06. The van der Waals surface area contributed by atoms with Crippen LogP contribution < -0.4 is 15.4 Å². The van der Waals surface area contributed by atoms with Crippen LogP contribution >= 0.6 is 11.6 Å². The highest BCUT2D eigenvalue weighted by Gasteiger charge is 2.45. The number of nitrogens with zero attached hydrogens (tertiary/aromatic N) is 1. The number of nitrogens with one attached hydrogen (secondary N) is 2. The topological polar surface area (TPSA) is 98.8 Å². The van der Waals surface area contributed by atoms with Gasteiger partial charge in [0, 0.05) is 18.8 Å². The van der Waals surface area contributed by atoms with Crippen molar-refractivity contribution in [3.63, 3.8) is 0 Å². The fourth-order valence-corrected chi connectivity index (χ4v) is 4.62. The summed E-state index contributed by atoms with van der Waals surface area (Å²) in [7, 11) is 0. The van der Waals surface area contributed by atoms with Crippen molar-refractivity contribution in [2.75, 3.05) is 26.3 Å². The molecule has 0 radical (unpaired) electrons. The molecule has 0 aliphatic rings. The van der Waals surface area contributed by atoms with Gasteiger partial charge in [0.2, 0.25) is 0 Å². The number of pyridine rings is 1. The summed E-state index contributed by atoms with van der Waals surface area (Å²) >= 11 is 6.03. The molecule has 1 aromatic heterocycles. The number of carbonyl (C=O) groups is 2. The number of urea groups is 1. The zero-order valence-electron chi connectivity index (χ0n) is 26.0. The van der Waals surface area contributed by atoms with E-state index in [9.17, 15) is 40.3 Å². The maximum absolute atomic E-state index is 15.0. The summed E-state index contributed by atoms with van der Waals surface area (Å²) < 4.78 is 111. The molecule has 2 amide bonds. The third-order valence-corrected chi connectivity index (χ3v) is 6.73. The Morgan fingerprint density at radius 2 is 1.60 bits per heavy atom. The number of ether oxygens (including phenoxy) is 3. The summed E-state index contributed by atoms with van der Waals surface area (Å²) in [6, 6.07) is 12.4. The fraction of sp³-hybridized carbons (Fsp3) is 0.406. The van der Waals surface area contributed by atoms with E-state index >= 15 is 0 Å². The maximum Gasteiger partial charge on any atom is 0.461 e. The fourth-order valence-electron chi connectivity index (χ4n) is 4.51. The van der Waals surface area contributed by atoms with Crippen molar-refractivity contribution in [2.45, 2.75) is 56.7 Å². The van der Waals surface area contributed by atoms with Crippen LogP contribution in [0.2, 0.25) is 5.02 Å². The Morgan fingerprint density at radius 1 is 0.938 bits per heavy atom. The number of halogens is 8. The molecule has 1 heterocycles. The monoisotopic (exact) mass is 707 g/mol. The van der Waals surface area contributed by atoms with Crippen molar-refractivity contribution < 1.29 is 54.5 Å². The Kier molecular flexibility index (Phi) is 12.7. The molecule has 262 valence electrons. The number of rotatable bonds is 15. The first-order chi connectivity index (χ1) is 22.3. The van der Waals surface area contributed by atoms with Crippen molar-refractivity contribution in [3.8, 4) is 5.75 Å². The molecule has 48 heavy (non-hydrogen) atoms. The molecular weight excluding hydrogens is 675 g/mol. The summed E-state index contributed by atoms with van der Waals surface area (Å²) in [5, 5.41) is 4.61. The lowest BCUT2D eigenvalue weighted by Gasteiger charge is -2.35. The molecule has 2 aromatic carbocycles. The lowest BCUT2D eigenvalue weighted by atomic mass is 9.72. The van der Waals surface area contributed by atoms with E-state index in [1.54, 1.807) is 51.1 Å². The molecule has 3 aromatic rings. The molecule has 0 aliphatic heterocycles. The summed E-state index contributed by atoms with van der Waals surface area (Å²) in [6.07, 6.45) is -8.06. The third-order valence-electron chi connectivity index (χ3n) is 6.51. The molecule has 1 atom stereocenters. The average Bonchev–Trinajstić information content (AvgIpc) is 2.97. The summed E-state index contributed by atoms with van der Waals surface area (Å²) in [5.74, 6) is -6.58. The van der Waals surface area contributed by atoms with Crippen LogP contribution in [0.3, 0.4) is 0 Å². The largest absolute Gasteiger partial charge is 0.461 e. The van der Waals surface area contributed by atoms with Crippen LogP contribution in [0.15, 0.2) is 66.9 Å². The van der Waals surface area contributed by atoms with E-state index in [2.05, 4.69) is 15.0 Å². The standard InChI is InChI=1S/C32H33ClF7N3O5/c1-29(2,3)48-26(44)16-46-19-31(37,38)18-43-28(45)42-17-30(14-20-7-5-4-6-8-20,25-10-9-22(33)15-41-25)21-11-23(34)13-24(12-21)47-32(39,40)27(35)36/h4-13,15,27H,14,16-19H2,1-3H3,(H2,42,43,45)/t30-/m0/s1. The second-order valence-corrected chi connectivity index (χ2v) is 12.2. The maximum atomic E-state index is 15.0. The van der Waals surface area contributed by atoms with Crippen molar-refractivity contribution in [1.82, 2.24) is 15.6 Å². The van der Waals surface area contributed by atoms with E-state index in [1.165, 1.54) is 18.3 Å². The Hall–Kier alpha value is -4.11. The van der Waals surface area contributed by atoms with Crippen LogP contribution in [0, 0.1) is 5.82 Å². The first kappa shape index (κ1) is 38.3. The quantitative estimate of drug-likeness (QED) is 0.131. The number of hydrogen-bond acceptors (Lipinski definition) is 6. The predicted molar refractivity (Wildman–Crippen MR) is 161 cm³/mol. The van der Waals surface area contributed by atoms with Crippen LogP contribution in [0.4, 0.5) is 35.5 Å². The number of amides is 2. The summed E-state index contributed by atoms with van der Waals surface area (Å²) in [5.41, 5.74) is -1.93. The highest BCUT2D eigenvalue weighted by molar-refractivity contribution is 6.30. The van der Waals surface area contributed by atoms with Gasteiger partial charge in [-0.3, -0.25) is 4.98 Å². The van der Waals surface area contributed by atoms with E-state index in [0.29, 0.717) is 11.6 Å². The van der Waals surface area contributed by atoms with Gasteiger partial charge < -0.3 is 24.8 Å². The van der Waals surface area contributed by atoms with Gasteiger partial charge in [0.1, 0.15) is 30.4 Å². The molecule has 0 unspecified atom stereocenters. The summed E-state index contributed by atoms with van der Waals surface area (Å²) in [4.78, 5) is 28.9. The molecule has 16 heteroatoms. The first-order valence-corrected chi connectivity index (χ1v) is 14.7. The van der Waals surface area contributed by atoms with Gasteiger partial charge in [0.25, 0.3) is 5.92 Å². The minimum atomic E-state index is -4.97. The number of benzene rings is 2. The second-order valence-electron chi connectivity index (χ2n) is 11.7. The minimum absolute atomic E-state index is 0.0917. The van der Waals surface area contributed by atoms with Gasteiger partial charge in [-0.2, -0.15) is 17.6 Å². The Morgan fingerprint density at radius 3 is 2.21 bits per heavy atom. The molecular formula is C32H33ClF7N3O5. The number of alkyl halides is 6. The van der Waals surface area contributed by atoms with Crippen LogP contribution in [-0.4, -0.2) is 67.3 Å². The molecule has 0 spiro atoms. The third kappa shape index (κ3) is 11.5. The number of esters is 1. The van der Waals surface area contributed by atoms with Crippen LogP contribution in [0.1, 0.15) is 37.6 Å². The van der Waals surface area contributed by atoms with Crippen LogP contribution in [-0.2, 0) is 26.1 Å². The SMILES string of the molecule is CC(C)(C)OC(=O)COCC(F)(F)CNC(=O)NC[C@@](Cc1ccccc1)(c1cc(F)cc(OC(F)(F)C(F)F)c1)c1ccc(Cl)cn1. The van der Waals surface area contributed by atoms with Crippen LogP contribution in [0.5, 0.6) is 5.75 Å². The Balaban J connectivity index is 1.91. The van der Waals surface area contributed by atoms with Crippen LogP contribution in [0.25, 0.3) is 0 Å². The van der Waals surface area contributed by atoms with Crippen molar-refractivity contribution in [2.24, 2.45) is 0 Å². The van der Waals surface area contributed by atoms with Crippen molar-refractivity contribution in [3.05, 3.63) is 94.5 Å². The molecule has 0 fully saturated rings. The number of carbonyl (C=O) groups excluding carboxylic acids is 2. The van der Waals surface area contributed by atoms with Crippen molar-refractivity contribution >= 4 is 23.6 Å². The van der Waals surface area contributed by atoms with Gasteiger partial charge in [0.05, 0.1) is 22.7 Å². The van der Waals surface area contributed by atoms with E-state index in [1.807, 2.05) is 5.32 Å². The highest BCUT2D eigenvalue weighted by Crippen LogP contribution is 2.38. The van der Waals surface area contributed by atoms with E-state index in [-0.39, 0.29) is 22.7 Å². The second kappa shape index (κ2) is 15.9. The molecule has 0 aliphatic carbocycles. The van der Waals surface area contributed by atoms with Gasteiger partial charge >= 0.3 is 24.5 Å². The average molecular weight is 708 g/mol. The minimum Gasteiger partial charge on any atom is -0.458 e. The van der Waals surface area contributed by atoms with Gasteiger partial charge in [-0.05, 0) is 62.6 Å². The molecule has 0 bridgehead atoms. The lowest BCUT2D eigenvalue weighted by Crippen LogP contribution is -2.49. The van der Waals surface area contributed by atoms with Gasteiger partial charge in [-0.1, -0.05) is 41.9 Å². The normalized spacial score (nSPS) is 13.5. The molecule has 8 nitrogen and oxygen atoms in total. The van der Waals surface area contributed by atoms with E-state index in [0.717, 1.165) is 12.1 Å². The Labute approximate surface area is 276 Å². The molecule has 2 N–H and O–H groups in total. The number of hydrogen-bond donors (Lipinski definition) is 2. The van der Waals surface area contributed by atoms with Gasteiger partial charge in [-0.25, -0.2) is 22.8 Å². The predicted octanol–water partition coefficient (Wildman–Crippen LogP) is 6.93. The zero-order valence-corrected chi connectivity index (χ0v) is 26.7. The van der Waals surface area contributed by atoms with Gasteiger partial charge in [-0.15, -0.1) is 0 Å². The first-order valence-electron chi connectivity index (χ1n) is 14.3. The lowest BCUT2D eigenvalue weighted by molar-refractivity contribution is -0.253. The molecule has 0 saturated heterocycles. The zero-order chi connectivity index (χ0) is 35.8.